The van der Waals surface area contributed by atoms with E-state index in [0.717, 1.165) is 12.0 Å². The Labute approximate surface area is 107 Å². The van der Waals surface area contributed by atoms with E-state index in [4.69, 9.17) is 0 Å². The maximum absolute atomic E-state index is 2.70. The highest BCUT2D eigenvalue weighted by Gasteiger charge is 2.25. The van der Waals surface area contributed by atoms with Crippen LogP contribution in [0.2, 0.25) is 0 Å². The van der Waals surface area contributed by atoms with Gasteiger partial charge in [-0.15, -0.1) is 0 Å². The predicted molar refractivity (Wildman–Crippen MR) is 73.4 cm³/mol. The van der Waals surface area contributed by atoms with Crippen LogP contribution in [0.5, 0.6) is 0 Å². The Morgan fingerprint density at radius 1 is 1.06 bits per heavy atom. The molecule has 0 aromatic heterocycles. The van der Waals surface area contributed by atoms with E-state index in [-0.39, 0.29) is 0 Å². The summed E-state index contributed by atoms with van der Waals surface area (Å²) in [7, 11) is 2.25. The third-order valence-electron chi connectivity index (χ3n) is 4.61. The molecular weight excluding hydrogens is 210 g/mol. The molecule has 0 aromatic carbocycles. The highest BCUT2D eigenvalue weighted by molar-refractivity contribution is 4.81. The molecule has 2 rings (SSSR count). The average Bonchev–Trinajstić information content (AvgIpc) is 2.32. The van der Waals surface area contributed by atoms with Gasteiger partial charge in [0.25, 0.3) is 0 Å². The fourth-order valence-electron chi connectivity index (χ4n) is 3.32. The van der Waals surface area contributed by atoms with Crippen molar-refractivity contribution >= 4 is 0 Å². The lowest BCUT2D eigenvalue weighted by Crippen LogP contribution is -2.53. The van der Waals surface area contributed by atoms with Crippen LogP contribution in [-0.2, 0) is 0 Å². The van der Waals surface area contributed by atoms with Gasteiger partial charge in [0.2, 0.25) is 0 Å². The summed E-state index contributed by atoms with van der Waals surface area (Å²) < 4.78 is 0. The Bertz CT molecular complexity index is 224. The summed E-state index contributed by atoms with van der Waals surface area (Å²) >= 11 is 0. The van der Waals surface area contributed by atoms with Crippen molar-refractivity contribution in [2.24, 2.45) is 5.92 Å². The number of likely N-dealkylation sites (tertiary alicyclic amines) is 1. The predicted octanol–water partition coefficient (Wildman–Crippen LogP) is 1.35. The largest absolute Gasteiger partial charge is 0.306 e. The molecule has 0 aliphatic carbocycles. The third-order valence-corrected chi connectivity index (χ3v) is 4.61. The highest BCUT2D eigenvalue weighted by atomic mass is 15.3. The van der Waals surface area contributed by atoms with Gasteiger partial charge < -0.3 is 9.80 Å². The van der Waals surface area contributed by atoms with Crippen LogP contribution in [0, 0.1) is 5.92 Å². The summed E-state index contributed by atoms with van der Waals surface area (Å²) in [6, 6.07) is 0.750. The van der Waals surface area contributed by atoms with E-state index < -0.39 is 0 Å². The zero-order valence-corrected chi connectivity index (χ0v) is 11.9. The van der Waals surface area contributed by atoms with E-state index in [1.54, 1.807) is 0 Å². The van der Waals surface area contributed by atoms with Gasteiger partial charge in [-0.25, -0.2) is 0 Å². The number of hydrogen-bond acceptors (Lipinski definition) is 3. The third kappa shape index (κ3) is 3.67. The van der Waals surface area contributed by atoms with E-state index in [1.807, 2.05) is 0 Å². The van der Waals surface area contributed by atoms with E-state index >= 15 is 0 Å². The molecule has 100 valence electrons. The Hall–Kier alpha value is -0.120. The summed E-state index contributed by atoms with van der Waals surface area (Å²) in [6.45, 7) is 13.6. The monoisotopic (exact) mass is 239 g/mol. The smallest absolute Gasteiger partial charge is 0.0195 e. The molecular formula is C14H29N3. The minimum absolute atomic E-state index is 0.750. The van der Waals surface area contributed by atoms with Gasteiger partial charge in [0.05, 0.1) is 0 Å². The van der Waals surface area contributed by atoms with Gasteiger partial charge in [-0.1, -0.05) is 6.92 Å². The molecule has 17 heavy (non-hydrogen) atoms. The molecule has 0 radical (unpaired) electrons. The van der Waals surface area contributed by atoms with Crippen molar-refractivity contribution in [3.05, 3.63) is 0 Å². The second-order valence-corrected chi connectivity index (χ2v) is 5.98. The fourth-order valence-corrected chi connectivity index (χ4v) is 3.32. The number of hydrogen-bond donors (Lipinski definition) is 0. The first-order valence-electron chi connectivity index (χ1n) is 7.34. The number of likely N-dealkylation sites (N-methyl/N-ethyl adjacent to an activating group) is 1. The van der Waals surface area contributed by atoms with Gasteiger partial charge in [-0.2, -0.15) is 0 Å². The molecule has 1 unspecified atom stereocenters. The van der Waals surface area contributed by atoms with Crippen LogP contribution in [-0.4, -0.2) is 73.6 Å². The molecule has 0 spiro atoms. The van der Waals surface area contributed by atoms with Gasteiger partial charge in [-0.3, -0.25) is 4.90 Å². The molecule has 2 heterocycles. The van der Waals surface area contributed by atoms with E-state index in [1.165, 1.54) is 58.7 Å². The summed E-state index contributed by atoms with van der Waals surface area (Å²) in [5, 5.41) is 0. The van der Waals surface area contributed by atoms with Crippen LogP contribution >= 0.6 is 0 Å². The fraction of sp³-hybridized carbons (Fsp3) is 1.00. The van der Waals surface area contributed by atoms with Crippen molar-refractivity contribution in [1.82, 2.24) is 14.7 Å². The maximum atomic E-state index is 2.70. The standard InChI is InChI=1S/C14H29N3/c1-4-17-10-9-16(11-13(17)2)12-14-5-7-15(3)8-6-14/h13-14H,4-12H2,1-3H3. The van der Waals surface area contributed by atoms with Gasteiger partial charge in [0, 0.05) is 32.2 Å². The van der Waals surface area contributed by atoms with E-state index in [0.29, 0.717) is 0 Å². The Kier molecular flexibility index (Phi) is 4.83. The van der Waals surface area contributed by atoms with Crippen molar-refractivity contribution < 1.29 is 0 Å². The number of piperidine rings is 1. The van der Waals surface area contributed by atoms with Crippen molar-refractivity contribution in [2.45, 2.75) is 32.7 Å². The summed E-state index contributed by atoms with van der Waals surface area (Å²) in [5.74, 6) is 0.951. The molecule has 0 bridgehead atoms. The van der Waals surface area contributed by atoms with Crippen LogP contribution in [0.15, 0.2) is 0 Å². The molecule has 2 aliphatic heterocycles. The average molecular weight is 239 g/mol. The molecule has 2 fully saturated rings. The van der Waals surface area contributed by atoms with E-state index in [9.17, 15) is 0 Å². The number of piperazine rings is 1. The molecule has 2 aliphatic rings. The zero-order chi connectivity index (χ0) is 12.3. The van der Waals surface area contributed by atoms with Crippen LogP contribution in [0.25, 0.3) is 0 Å². The van der Waals surface area contributed by atoms with Gasteiger partial charge >= 0.3 is 0 Å². The number of rotatable bonds is 3. The van der Waals surface area contributed by atoms with E-state index in [2.05, 4.69) is 35.6 Å². The molecule has 1 atom stereocenters. The molecule has 2 saturated heterocycles. The van der Waals surface area contributed by atoms with Crippen molar-refractivity contribution in [3.63, 3.8) is 0 Å². The molecule has 0 amide bonds. The van der Waals surface area contributed by atoms with Gasteiger partial charge in [0.15, 0.2) is 0 Å². The molecule has 0 saturated carbocycles. The Balaban J connectivity index is 1.73. The first-order chi connectivity index (χ1) is 8.19. The van der Waals surface area contributed by atoms with Crippen LogP contribution in [0.1, 0.15) is 26.7 Å². The first kappa shape index (κ1) is 13.3. The molecule has 0 aromatic rings. The van der Waals surface area contributed by atoms with Crippen LogP contribution in [0.3, 0.4) is 0 Å². The van der Waals surface area contributed by atoms with Gasteiger partial charge in [0.1, 0.15) is 0 Å². The lowest BCUT2D eigenvalue weighted by Gasteiger charge is -2.41. The maximum Gasteiger partial charge on any atom is 0.0195 e. The Morgan fingerprint density at radius 3 is 2.35 bits per heavy atom. The topological polar surface area (TPSA) is 9.72 Å². The first-order valence-corrected chi connectivity index (χ1v) is 7.34. The summed E-state index contributed by atoms with van der Waals surface area (Å²) in [6.07, 6.45) is 2.80. The lowest BCUT2D eigenvalue weighted by atomic mass is 9.96. The normalized spacial score (nSPS) is 30.9. The van der Waals surface area contributed by atoms with Gasteiger partial charge in [-0.05, 0) is 52.4 Å². The minimum atomic E-state index is 0.750. The second-order valence-electron chi connectivity index (χ2n) is 5.98. The van der Waals surface area contributed by atoms with Crippen LogP contribution < -0.4 is 0 Å². The highest BCUT2D eigenvalue weighted by Crippen LogP contribution is 2.19. The Morgan fingerprint density at radius 2 is 1.76 bits per heavy atom. The molecule has 0 N–H and O–H groups in total. The second kappa shape index (κ2) is 6.17. The summed E-state index contributed by atoms with van der Waals surface area (Å²) in [4.78, 5) is 7.77. The zero-order valence-electron chi connectivity index (χ0n) is 11.9. The van der Waals surface area contributed by atoms with Crippen LogP contribution in [0.4, 0.5) is 0 Å². The van der Waals surface area contributed by atoms with Crippen molar-refractivity contribution in [2.75, 3.05) is 52.9 Å². The minimum Gasteiger partial charge on any atom is -0.306 e. The molecule has 3 nitrogen and oxygen atoms in total. The summed E-state index contributed by atoms with van der Waals surface area (Å²) in [5.41, 5.74) is 0. The quantitative estimate of drug-likeness (QED) is 0.736. The molecule has 3 heteroatoms. The van der Waals surface area contributed by atoms with Crippen molar-refractivity contribution in [1.29, 1.82) is 0 Å². The number of nitrogens with zero attached hydrogens (tertiary/aromatic N) is 3. The SMILES string of the molecule is CCN1CCN(CC2CCN(C)CC2)CC1C. The lowest BCUT2D eigenvalue weighted by molar-refractivity contribution is 0.0669. The van der Waals surface area contributed by atoms with Crippen molar-refractivity contribution in [3.8, 4) is 0 Å².